The van der Waals surface area contributed by atoms with Crippen LogP contribution in [0, 0.1) is 0 Å². The Morgan fingerprint density at radius 1 is 1.09 bits per heavy atom. The highest BCUT2D eigenvalue weighted by Gasteiger charge is 2.23. The first-order valence-electron chi connectivity index (χ1n) is 10.8. The normalized spacial score (nSPS) is 11.7. The monoisotopic (exact) mass is 518 g/mol. The molecule has 0 radical (unpaired) electrons. The van der Waals surface area contributed by atoms with Crippen LogP contribution in [0.5, 0.6) is 11.5 Å². The number of esters is 1. The molecule has 11 heteroatoms. The lowest BCUT2D eigenvalue weighted by Gasteiger charge is -2.19. The van der Waals surface area contributed by atoms with Crippen LogP contribution in [0.25, 0.3) is 0 Å². The van der Waals surface area contributed by atoms with Gasteiger partial charge in [-0.2, -0.15) is 0 Å². The summed E-state index contributed by atoms with van der Waals surface area (Å²) in [6.07, 6.45) is -0.407. The molecule has 1 N–H and O–H groups in total. The van der Waals surface area contributed by atoms with Crippen LogP contribution in [0.15, 0.2) is 47.6 Å². The van der Waals surface area contributed by atoms with Crippen molar-refractivity contribution in [2.24, 2.45) is 0 Å². The highest BCUT2D eigenvalue weighted by molar-refractivity contribution is 7.99. The maximum absolute atomic E-state index is 12.6. The van der Waals surface area contributed by atoms with Crippen molar-refractivity contribution in [1.29, 1.82) is 0 Å². The molecule has 3 rings (SSSR count). The van der Waals surface area contributed by atoms with Crippen molar-refractivity contribution in [3.8, 4) is 11.5 Å². The number of halogens is 1. The number of methoxy groups -OCH3 is 2. The van der Waals surface area contributed by atoms with E-state index in [-0.39, 0.29) is 28.3 Å². The SMILES string of the molecule is COC(=O)c1cc(NC(=O)CSc2nnc(C(C)Oc3ccccc3OC)n2C(C)C)ccc1Cl. The molecule has 186 valence electrons. The Hall–Kier alpha value is -3.24. The molecular weight excluding hydrogens is 492 g/mol. The molecule has 1 atom stereocenters. The lowest BCUT2D eigenvalue weighted by Crippen LogP contribution is -2.17. The van der Waals surface area contributed by atoms with Crippen molar-refractivity contribution in [2.45, 2.75) is 38.1 Å². The maximum atomic E-state index is 12.6. The smallest absolute Gasteiger partial charge is 0.339 e. The quantitative estimate of drug-likeness (QED) is 0.289. The van der Waals surface area contributed by atoms with Gasteiger partial charge in [-0.1, -0.05) is 35.5 Å². The van der Waals surface area contributed by atoms with E-state index in [4.69, 9.17) is 25.8 Å². The second-order valence-electron chi connectivity index (χ2n) is 7.74. The fourth-order valence-electron chi connectivity index (χ4n) is 3.31. The number of hydrogen-bond donors (Lipinski definition) is 1. The van der Waals surface area contributed by atoms with Gasteiger partial charge >= 0.3 is 5.97 Å². The van der Waals surface area contributed by atoms with Gasteiger partial charge in [-0.25, -0.2) is 4.79 Å². The summed E-state index contributed by atoms with van der Waals surface area (Å²) in [4.78, 5) is 24.4. The minimum atomic E-state index is -0.581. The predicted octanol–water partition coefficient (Wildman–Crippen LogP) is 5.18. The van der Waals surface area contributed by atoms with Crippen LogP contribution in [0.1, 0.15) is 49.1 Å². The van der Waals surface area contributed by atoms with Crippen LogP contribution >= 0.6 is 23.4 Å². The molecular formula is C24H27ClN4O5S. The van der Waals surface area contributed by atoms with Gasteiger partial charge in [0.2, 0.25) is 5.91 Å². The third-order valence-corrected chi connectivity index (χ3v) is 6.20. The van der Waals surface area contributed by atoms with E-state index < -0.39 is 12.1 Å². The molecule has 0 saturated heterocycles. The number of para-hydroxylation sites is 2. The second-order valence-corrected chi connectivity index (χ2v) is 9.09. The van der Waals surface area contributed by atoms with Gasteiger partial charge in [0.15, 0.2) is 28.6 Å². The van der Waals surface area contributed by atoms with E-state index in [2.05, 4.69) is 15.5 Å². The van der Waals surface area contributed by atoms with E-state index in [0.717, 1.165) is 0 Å². The highest BCUT2D eigenvalue weighted by atomic mass is 35.5. The van der Waals surface area contributed by atoms with Crippen LogP contribution in [0.2, 0.25) is 5.02 Å². The summed E-state index contributed by atoms with van der Waals surface area (Å²) in [6, 6.07) is 12.0. The Balaban J connectivity index is 1.70. The Morgan fingerprint density at radius 2 is 1.80 bits per heavy atom. The number of benzene rings is 2. The van der Waals surface area contributed by atoms with E-state index in [1.165, 1.54) is 31.0 Å². The Bertz CT molecular complexity index is 1200. The van der Waals surface area contributed by atoms with Gasteiger partial charge in [-0.15, -0.1) is 10.2 Å². The molecule has 0 saturated carbocycles. The molecule has 35 heavy (non-hydrogen) atoms. The fraction of sp³-hybridized carbons (Fsp3) is 0.333. The summed E-state index contributed by atoms with van der Waals surface area (Å²) in [7, 11) is 2.85. The fourth-order valence-corrected chi connectivity index (χ4v) is 4.37. The van der Waals surface area contributed by atoms with Crippen molar-refractivity contribution in [3.05, 3.63) is 58.9 Å². The summed E-state index contributed by atoms with van der Waals surface area (Å²) < 4.78 is 18.1. The molecule has 0 aliphatic carbocycles. The van der Waals surface area contributed by atoms with Crippen LogP contribution in [-0.4, -0.2) is 46.6 Å². The first-order valence-corrected chi connectivity index (χ1v) is 12.2. The molecule has 0 spiro atoms. The Kier molecular flexibility index (Phi) is 9.00. The van der Waals surface area contributed by atoms with Crippen LogP contribution in [-0.2, 0) is 9.53 Å². The van der Waals surface area contributed by atoms with Gasteiger partial charge in [-0.3, -0.25) is 4.79 Å². The number of thioether (sulfide) groups is 1. The first kappa shape index (κ1) is 26.4. The first-order chi connectivity index (χ1) is 16.7. The number of hydrogen-bond acceptors (Lipinski definition) is 8. The zero-order valence-corrected chi connectivity index (χ0v) is 21.6. The van der Waals surface area contributed by atoms with Crippen LogP contribution in [0.4, 0.5) is 5.69 Å². The topological polar surface area (TPSA) is 105 Å². The summed E-state index contributed by atoms with van der Waals surface area (Å²) in [5.74, 6) is 1.09. The molecule has 1 aromatic heterocycles. The number of anilines is 1. The average Bonchev–Trinajstić information content (AvgIpc) is 3.28. The molecule has 0 aliphatic rings. The van der Waals surface area contributed by atoms with E-state index in [0.29, 0.717) is 28.2 Å². The van der Waals surface area contributed by atoms with Crippen molar-refractivity contribution >= 4 is 40.9 Å². The number of nitrogens with zero attached hydrogens (tertiary/aromatic N) is 3. The minimum Gasteiger partial charge on any atom is -0.493 e. The molecule has 1 unspecified atom stereocenters. The number of carbonyl (C=O) groups excluding carboxylic acids is 2. The number of carbonyl (C=O) groups is 2. The van der Waals surface area contributed by atoms with Gasteiger partial charge in [0, 0.05) is 11.7 Å². The van der Waals surface area contributed by atoms with Crippen molar-refractivity contribution in [1.82, 2.24) is 14.8 Å². The Morgan fingerprint density at radius 3 is 2.46 bits per heavy atom. The maximum Gasteiger partial charge on any atom is 0.339 e. The van der Waals surface area contributed by atoms with E-state index >= 15 is 0 Å². The molecule has 1 amide bonds. The van der Waals surface area contributed by atoms with Gasteiger partial charge in [0.25, 0.3) is 0 Å². The number of ether oxygens (including phenoxy) is 3. The van der Waals surface area contributed by atoms with Gasteiger partial charge in [0.1, 0.15) is 0 Å². The molecule has 0 bridgehead atoms. The second kappa shape index (κ2) is 11.9. The summed E-state index contributed by atoms with van der Waals surface area (Å²) in [5.41, 5.74) is 0.609. The average molecular weight is 519 g/mol. The lowest BCUT2D eigenvalue weighted by atomic mass is 10.2. The third kappa shape index (κ3) is 6.46. The largest absolute Gasteiger partial charge is 0.493 e. The van der Waals surface area contributed by atoms with Crippen molar-refractivity contribution < 1.29 is 23.8 Å². The van der Waals surface area contributed by atoms with Gasteiger partial charge in [0.05, 0.1) is 30.6 Å². The number of rotatable bonds is 10. The van der Waals surface area contributed by atoms with Gasteiger partial charge < -0.3 is 24.1 Å². The standard InChI is InChI=1S/C24H27ClN4O5S/c1-14(2)29-22(15(3)34-20-9-7-6-8-19(20)32-4)27-28-24(29)35-13-21(30)26-16-10-11-18(25)17(12-16)23(31)33-5/h6-12,14-15H,13H2,1-5H3,(H,26,30). The molecule has 0 fully saturated rings. The van der Waals surface area contributed by atoms with Crippen molar-refractivity contribution in [3.63, 3.8) is 0 Å². The number of aromatic nitrogens is 3. The zero-order chi connectivity index (χ0) is 25.5. The van der Waals surface area contributed by atoms with E-state index in [1.807, 2.05) is 49.6 Å². The van der Waals surface area contributed by atoms with Crippen LogP contribution in [0.3, 0.4) is 0 Å². The van der Waals surface area contributed by atoms with Crippen LogP contribution < -0.4 is 14.8 Å². The summed E-state index contributed by atoms with van der Waals surface area (Å²) in [6.45, 7) is 5.90. The molecule has 3 aromatic rings. The molecule has 9 nitrogen and oxygen atoms in total. The highest BCUT2D eigenvalue weighted by Crippen LogP contribution is 2.32. The lowest BCUT2D eigenvalue weighted by molar-refractivity contribution is -0.113. The van der Waals surface area contributed by atoms with E-state index in [1.54, 1.807) is 13.2 Å². The minimum absolute atomic E-state index is 0.0353. The molecule has 0 aliphatic heterocycles. The third-order valence-electron chi connectivity index (χ3n) is 4.93. The zero-order valence-electron chi connectivity index (χ0n) is 20.1. The summed E-state index contributed by atoms with van der Waals surface area (Å²) >= 11 is 7.29. The molecule has 2 aromatic carbocycles. The van der Waals surface area contributed by atoms with Gasteiger partial charge in [-0.05, 0) is 51.1 Å². The number of nitrogens with one attached hydrogen (secondary N) is 1. The van der Waals surface area contributed by atoms with Crippen molar-refractivity contribution in [2.75, 3.05) is 25.3 Å². The molecule has 1 heterocycles. The van der Waals surface area contributed by atoms with E-state index in [9.17, 15) is 9.59 Å². The number of amides is 1. The Labute approximate surface area is 213 Å². The predicted molar refractivity (Wildman–Crippen MR) is 135 cm³/mol. The summed E-state index contributed by atoms with van der Waals surface area (Å²) in [5, 5.41) is 12.2.